The molecule has 2 aromatic rings. The summed E-state index contributed by atoms with van der Waals surface area (Å²) in [6.45, 7) is 3.33. The van der Waals surface area contributed by atoms with Crippen LogP contribution in [0.5, 0.6) is 5.75 Å². The normalized spacial score (nSPS) is 11.2. The molecule has 0 aliphatic carbocycles. The Morgan fingerprint density at radius 2 is 2.00 bits per heavy atom. The van der Waals surface area contributed by atoms with Gasteiger partial charge < -0.3 is 4.74 Å². The van der Waals surface area contributed by atoms with Gasteiger partial charge in [-0.2, -0.15) is 4.80 Å². The fraction of sp³-hybridized carbons (Fsp3) is 0.333. The van der Waals surface area contributed by atoms with Gasteiger partial charge in [0.05, 0.1) is 7.05 Å². The highest BCUT2D eigenvalue weighted by molar-refractivity contribution is 9.10. The zero-order valence-corrected chi connectivity index (χ0v) is 12.9. The number of nitrogens with one attached hydrogen (secondary N) is 1. The minimum atomic E-state index is -1.06. The number of rotatable bonds is 4. The number of carbonyl (C=O) groups is 1. The third-order valence-electron chi connectivity index (χ3n) is 2.47. The van der Waals surface area contributed by atoms with E-state index in [4.69, 9.17) is 4.74 Å². The fourth-order valence-corrected chi connectivity index (χ4v) is 1.69. The maximum absolute atomic E-state index is 12.2. The summed E-state index contributed by atoms with van der Waals surface area (Å²) in [6, 6.07) is 7.24. The number of aryl methyl sites for hydroxylation is 1. The standard InChI is InChI=1S/C12H14BrN5O2/c1-12(2,20-9-6-4-8(13)5-7-9)10(19)14-11-15-17-18(3)16-11/h4-7H,1-3H3,(H,14,16,19). The molecule has 0 spiro atoms. The molecule has 7 nitrogen and oxygen atoms in total. The summed E-state index contributed by atoms with van der Waals surface area (Å²) in [5.41, 5.74) is -1.06. The number of benzene rings is 1. The second-order valence-corrected chi connectivity index (χ2v) is 5.54. The average molecular weight is 340 g/mol. The Labute approximate surface area is 124 Å². The Bertz CT molecular complexity index is 609. The number of halogens is 1. The Balaban J connectivity index is 2.05. The molecule has 1 amide bonds. The first-order valence-electron chi connectivity index (χ1n) is 5.87. The zero-order valence-electron chi connectivity index (χ0n) is 11.3. The van der Waals surface area contributed by atoms with Crippen LogP contribution in [0.3, 0.4) is 0 Å². The lowest BCUT2D eigenvalue weighted by Gasteiger charge is -2.24. The van der Waals surface area contributed by atoms with Crippen LogP contribution in [0.15, 0.2) is 28.7 Å². The maximum Gasteiger partial charge on any atom is 0.270 e. The van der Waals surface area contributed by atoms with Crippen molar-refractivity contribution in [3.8, 4) is 5.75 Å². The largest absolute Gasteiger partial charge is 0.478 e. The summed E-state index contributed by atoms with van der Waals surface area (Å²) >= 11 is 3.34. The zero-order chi connectivity index (χ0) is 14.8. The number of hydrogen-bond donors (Lipinski definition) is 1. The number of hydrogen-bond acceptors (Lipinski definition) is 5. The second-order valence-electron chi connectivity index (χ2n) is 4.62. The summed E-state index contributed by atoms with van der Waals surface area (Å²) in [7, 11) is 1.62. The van der Waals surface area contributed by atoms with E-state index in [0.717, 1.165) is 4.47 Å². The first kappa shape index (κ1) is 14.4. The van der Waals surface area contributed by atoms with Crippen LogP contribution in [0.25, 0.3) is 0 Å². The number of ether oxygens (including phenoxy) is 1. The SMILES string of the molecule is Cn1nnc(NC(=O)C(C)(C)Oc2ccc(Br)cc2)n1. The van der Waals surface area contributed by atoms with Crippen molar-refractivity contribution < 1.29 is 9.53 Å². The molecule has 0 atom stereocenters. The van der Waals surface area contributed by atoms with Gasteiger partial charge in [-0.3, -0.25) is 10.1 Å². The minimum absolute atomic E-state index is 0.144. The van der Waals surface area contributed by atoms with Crippen LogP contribution in [0, 0.1) is 0 Å². The topological polar surface area (TPSA) is 81.9 Å². The number of tetrazole rings is 1. The monoisotopic (exact) mass is 339 g/mol. The molecular weight excluding hydrogens is 326 g/mol. The molecule has 1 aromatic carbocycles. The molecule has 20 heavy (non-hydrogen) atoms. The molecule has 0 aliphatic rings. The van der Waals surface area contributed by atoms with Crippen LogP contribution < -0.4 is 10.1 Å². The fourth-order valence-electron chi connectivity index (χ4n) is 1.43. The van der Waals surface area contributed by atoms with Gasteiger partial charge in [-0.15, -0.1) is 5.10 Å². The van der Waals surface area contributed by atoms with E-state index in [1.54, 1.807) is 33.0 Å². The molecule has 1 aromatic heterocycles. The smallest absolute Gasteiger partial charge is 0.270 e. The third kappa shape index (κ3) is 3.53. The van der Waals surface area contributed by atoms with Crippen molar-refractivity contribution in [1.29, 1.82) is 0 Å². The number of aromatic nitrogens is 4. The molecule has 0 aliphatic heterocycles. The van der Waals surface area contributed by atoms with Crippen LogP contribution >= 0.6 is 15.9 Å². The van der Waals surface area contributed by atoms with Gasteiger partial charge in [0, 0.05) is 4.47 Å². The maximum atomic E-state index is 12.2. The van der Waals surface area contributed by atoms with Crippen LogP contribution in [-0.4, -0.2) is 31.7 Å². The molecule has 2 rings (SSSR count). The molecule has 0 radical (unpaired) electrons. The van der Waals surface area contributed by atoms with Crippen molar-refractivity contribution in [2.75, 3.05) is 5.32 Å². The van der Waals surface area contributed by atoms with Gasteiger partial charge in [-0.1, -0.05) is 21.0 Å². The van der Waals surface area contributed by atoms with Gasteiger partial charge in [-0.25, -0.2) is 0 Å². The van der Waals surface area contributed by atoms with E-state index in [9.17, 15) is 4.79 Å². The third-order valence-corrected chi connectivity index (χ3v) is 3.00. The first-order valence-corrected chi connectivity index (χ1v) is 6.66. The lowest BCUT2D eigenvalue weighted by atomic mass is 10.1. The van der Waals surface area contributed by atoms with Crippen LogP contribution in [0.2, 0.25) is 0 Å². The van der Waals surface area contributed by atoms with Crippen LogP contribution in [0.1, 0.15) is 13.8 Å². The summed E-state index contributed by atoms with van der Waals surface area (Å²) in [4.78, 5) is 13.4. The van der Waals surface area contributed by atoms with Crippen molar-refractivity contribution >= 4 is 27.8 Å². The molecular formula is C12H14BrN5O2. The molecule has 0 unspecified atom stereocenters. The van der Waals surface area contributed by atoms with E-state index in [-0.39, 0.29) is 11.9 Å². The van der Waals surface area contributed by atoms with Crippen LogP contribution in [-0.2, 0) is 11.8 Å². The number of amides is 1. The van der Waals surface area contributed by atoms with Crippen molar-refractivity contribution in [2.45, 2.75) is 19.4 Å². The van der Waals surface area contributed by atoms with Gasteiger partial charge in [0.2, 0.25) is 0 Å². The highest BCUT2D eigenvalue weighted by Crippen LogP contribution is 2.21. The van der Waals surface area contributed by atoms with Crippen molar-refractivity contribution in [3.63, 3.8) is 0 Å². The van der Waals surface area contributed by atoms with E-state index >= 15 is 0 Å². The molecule has 8 heteroatoms. The summed E-state index contributed by atoms with van der Waals surface area (Å²) in [5.74, 6) is 0.388. The van der Waals surface area contributed by atoms with Crippen LogP contribution in [0.4, 0.5) is 5.95 Å². The number of carbonyl (C=O) groups excluding carboxylic acids is 1. The van der Waals surface area contributed by atoms with Gasteiger partial charge in [0.15, 0.2) is 5.60 Å². The molecule has 1 N–H and O–H groups in total. The molecule has 0 fully saturated rings. The highest BCUT2D eigenvalue weighted by Gasteiger charge is 2.31. The van der Waals surface area contributed by atoms with Crippen molar-refractivity contribution in [3.05, 3.63) is 28.7 Å². The van der Waals surface area contributed by atoms with Gasteiger partial charge in [-0.05, 0) is 43.3 Å². The number of anilines is 1. The predicted molar refractivity (Wildman–Crippen MR) is 76.3 cm³/mol. The summed E-state index contributed by atoms with van der Waals surface area (Å²) in [5, 5.41) is 13.8. The van der Waals surface area contributed by atoms with Crippen molar-refractivity contribution in [1.82, 2.24) is 20.2 Å². The number of nitrogens with zero attached hydrogens (tertiary/aromatic N) is 4. The minimum Gasteiger partial charge on any atom is -0.478 e. The van der Waals surface area contributed by atoms with E-state index in [1.165, 1.54) is 4.80 Å². The molecule has 1 heterocycles. The van der Waals surface area contributed by atoms with Gasteiger partial charge >= 0.3 is 0 Å². The second kappa shape index (κ2) is 5.58. The van der Waals surface area contributed by atoms with Gasteiger partial charge in [0.25, 0.3) is 11.9 Å². The molecule has 0 bridgehead atoms. The lowest BCUT2D eigenvalue weighted by Crippen LogP contribution is -2.42. The van der Waals surface area contributed by atoms with Crippen molar-refractivity contribution in [2.24, 2.45) is 7.05 Å². The lowest BCUT2D eigenvalue weighted by molar-refractivity contribution is -0.128. The molecule has 106 valence electrons. The van der Waals surface area contributed by atoms with E-state index < -0.39 is 5.60 Å². The first-order chi connectivity index (χ1) is 9.37. The quantitative estimate of drug-likeness (QED) is 0.917. The summed E-state index contributed by atoms with van der Waals surface area (Å²) in [6.07, 6.45) is 0. The Morgan fingerprint density at radius 1 is 1.35 bits per heavy atom. The Kier molecular flexibility index (Phi) is 4.03. The van der Waals surface area contributed by atoms with E-state index in [1.807, 2.05) is 12.1 Å². The van der Waals surface area contributed by atoms with E-state index in [0.29, 0.717) is 5.75 Å². The Hall–Kier alpha value is -1.96. The predicted octanol–water partition coefficient (Wildman–Crippen LogP) is 1.77. The average Bonchev–Trinajstić information content (AvgIpc) is 2.77. The Morgan fingerprint density at radius 3 is 2.55 bits per heavy atom. The molecule has 0 saturated carbocycles. The highest BCUT2D eigenvalue weighted by atomic mass is 79.9. The van der Waals surface area contributed by atoms with E-state index in [2.05, 4.69) is 36.7 Å². The summed E-state index contributed by atoms with van der Waals surface area (Å²) < 4.78 is 6.62. The molecule has 0 saturated heterocycles. The van der Waals surface area contributed by atoms with Gasteiger partial charge in [0.1, 0.15) is 5.75 Å².